The lowest BCUT2D eigenvalue weighted by atomic mass is 10.0. The van der Waals surface area contributed by atoms with Gasteiger partial charge in [0, 0.05) is 69.0 Å². The summed E-state index contributed by atoms with van der Waals surface area (Å²) in [6, 6.07) is 75.0. The second-order valence-corrected chi connectivity index (χ2v) is 17.8. The molecule has 0 atom stereocenters. The van der Waals surface area contributed by atoms with Crippen LogP contribution in [0.25, 0.3) is 82.5 Å². The quantitative estimate of drug-likeness (QED) is 0.160. The van der Waals surface area contributed by atoms with E-state index in [2.05, 4.69) is 190 Å². The Kier molecular flexibility index (Phi) is 8.72. The lowest BCUT2D eigenvalue weighted by molar-refractivity contribution is 1.16. The Labute approximate surface area is 371 Å². The zero-order valence-electron chi connectivity index (χ0n) is 33.6. The molecule has 0 fully saturated rings. The van der Waals surface area contributed by atoms with Gasteiger partial charge in [0.1, 0.15) is 0 Å². The minimum absolute atomic E-state index is 0.654. The van der Waals surface area contributed by atoms with Crippen LogP contribution < -0.4 is 0 Å². The number of hydrogen-bond donors (Lipinski definition) is 0. The van der Waals surface area contributed by atoms with Crippen molar-refractivity contribution in [1.82, 2.24) is 13.7 Å². The van der Waals surface area contributed by atoms with Gasteiger partial charge in [0.2, 0.25) is 0 Å². The average molecular weight is 840 g/mol. The summed E-state index contributed by atoms with van der Waals surface area (Å²) < 4.78 is 7.40. The molecule has 0 aliphatic heterocycles. The molecule has 3 heterocycles. The van der Waals surface area contributed by atoms with E-state index in [4.69, 9.17) is 0 Å². The third-order valence-electron chi connectivity index (χ3n) is 11.9. The maximum absolute atomic E-state index is 9.54. The van der Waals surface area contributed by atoms with E-state index < -0.39 is 0 Å². The third kappa shape index (κ3) is 5.94. The molecule has 12 rings (SSSR count). The fourth-order valence-electron chi connectivity index (χ4n) is 9.39. The summed E-state index contributed by atoms with van der Waals surface area (Å²) in [7, 11) is 0. The number of aromatic nitrogens is 3. The van der Waals surface area contributed by atoms with Crippen LogP contribution in [0.2, 0.25) is 0 Å². The second kappa shape index (κ2) is 14.9. The van der Waals surface area contributed by atoms with Crippen LogP contribution in [0.5, 0.6) is 0 Å². The molecule has 63 heavy (non-hydrogen) atoms. The van der Waals surface area contributed by atoms with E-state index in [1.54, 1.807) is 23.5 Å². The molecule has 0 bridgehead atoms. The first kappa shape index (κ1) is 36.9. The zero-order valence-corrected chi connectivity index (χ0v) is 35.2. The van der Waals surface area contributed by atoms with Crippen molar-refractivity contribution in [2.45, 2.75) is 19.6 Å². The molecule has 294 valence electrons. The molecule has 0 spiro atoms. The summed E-state index contributed by atoms with van der Waals surface area (Å²) in [5.74, 6) is 0. The number of rotatable bonds is 7. The maximum Gasteiger partial charge on any atom is 0.0992 e. The Morgan fingerprint density at radius 3 is 1.05 bits per heavy atom. The van der Waals surface area contributed by atoms with Gasteiger partial charge in [-0.25, -0.2) is 0 Å². The molecule has 0 aliphatic carbocycles. The zero-order chi connectivity index (χ0) is 42.0. The van der Waals surface area contributed by atoms with Crippen molar-refractivity contribution in [3.05, 3.63) is 211 Å². The van der Waals surface area contributed by atoms with Crippen molar-refractivity contribution in [2.24, 2.45) is 0 Å². The molecule has 0 saturated carbocycles. The summed E-state index contributed by atoms with van der Waals surface area (Å²) in [5, 5.41) is 26.2. The van der Waals surface area contributed by atoms with Gasteiger partial charge in [-0.15, -0.1) is 0 Å². The van der Waals surface area contributed by atoms with Gasteiger partial charge in [0.05, 0.1) is 56.4 Å². The Bertz CT molecular complexity index is 3730. The van der Waals surface area contributed by atoms with Crippen LogP contribution in [0.1, 0.15) is 11.1 Å². The van der Waals surface area contributed by atoms with E-state index in [0.29, 0.717) is 11.1 Å². The largest absolute Gasteiger partial charge is 0.308 e. The topological polar surface area (TPSA) is 62.4 Å². The van der Waals surface area contributed by atoms with Gasteiger partial charge in [0.25, 0.3) is 0 Å². The predicted octanol–water partition coefficient (Wildman–Crippen LogP) is 15.0. The van der Waals surface area contributed by atoms with Crippen molar-refractivity contribution in [2.75, 3.05) is 0 Å². The Morgan fingerprint density at radius 2 is 0.667 bits per heavy atom. The smallest absolute Gasteiger partial charge is 0.0992 e. The van der Waals surface area contributed by atoms with Gasteiger partial charge in [-0.2, -0.15) is 10.5 Å². The first-order valence-corrected chi connectivity index (χ1v) is 22.3. The van der Waals surface area contributed by atoms with Crippen molar-refractivity contribution in [1.29, 1.82) is 10.5 Å². The standard InChI is InChI=1S/C56H33N5S2/c57-34-36-12-10-16-43(32-36)62-41-28-24-39(25-29-41)60-49-22-8-5-19-46(49)52-54-51(45-18-4-7-21-48(45)59(54)38-14-2-1-3-15-38)55-53(56(52)60)47-20-6-9-23-50(47)61(55)40-26-30-42(31-27-40)63-44-17-11-13-37(33-44)35-58/h1-33H. The molecular weight excluding hydrogens is 807 g/mol. The van der Waals surface area contributed by atoms with Crippen molar-refractivity contribution in [3.63, 3.8) is 0 Å². The summed E-state index contributed by atoms with van der Waals surface area (Å²) >= 11 is 3.32. The molecule has 9 aromatic carbocycles. The van der Waals surface area contributed by atoms with Crippen LogP contribution in [0.3, 0.4) is 0 Å². The van der Waals surface area contributed by atoms with Crippen LogP contribution in [0.4, 0.5) is 0 Å². The van der Waals surface area contributed by atoms with Gasteiger partial charge in [0.15, 0.2) is 0 Å². The molecular formula is C56H33N5S2. The predicted molar refractivity (Wildman–Crippen MR) is 260 cm³/mol. The number of benzene rings is 9. The van der Waals surface area contributed by atoms with Crippen molar-refractivity contribution in [3.8, 4) is 29.2 Å². The molecule has 0 amide bonds. The van der Waals surface area contributed by atoms with Crippen LogP contribution in [0, 0.1) is 22.7 Å². The highest BCUT2D eigenvalue weighted by atomic mass is 32.2. The van der Waals surface area contributed by atoms with Crippen molar-refractivity contribution >= 4 is 88.9 Å². The molecule has 5 nitrogen and oxygen atoms in total. The molecule has 0 saturated heterocycles. The molecule has 12 aromatic rings. The fourth-order valence-corrected chi connectivity index (χ4v) is 11.1. The van der Waals surface area contributed by atoms with Gasteiger partial charge < -0.3 is 13.7 Å². The lowest BCUT2D eigenvalue weighted by Crippen LogP contribution is -1.98. The first-order valence-electron chi connectivity index (χ1n) is 20.7. The Hall–Kier alpha value is -7.94. The molecule has 0 N–H and O–H groups in total. The van der Waals surface area contributed by atoms with Crippen LogP contribution in [-0.4, -0.2) is 13.7 Å². The maximum atomic E-state index is 9.54. The highest BCUT2D eigenvalue weighted by molar-refractivity contribution is 7.99. The van der Waals surface area contributed by atoms with Gasteiger partial charge in [-0.3, -0.25) is 0 Å². The number of nitrogens with zero attached hydrogens (tertiary/aromatic N) is 5. The van der Waals surface area contributed by atoms with Gasteiger partial charge in [-0.1, -0.05) is 108 Å². The Morgan fingerprint density at radius 1 is 0.317 bits per heavy atom. The number of nitriles is 2. The van der Waals surface area contributed by atoms with Crippen LogP contribution in [-0.2, 0) is 0 Å². The number of fused-ring (bicyclic) bond motifs is 12. The average Bonchev–Trinajstić information content (AvgIpc) is 3.99. The van der Waals surface area contributed by atoms with Crippen LogP contribution in [0.15, 0.2) is 220 Å². The SMILES string of the molecule is N#Cc1cccc(Sc2ccc(-n3c4ccccc4c4c5c(c6ccccc6n5-c5ccccc5)c5c(c6ccccc6n5-c5ccc(Sc6cccc(C#N)c6)cc5)c43)cc2)c1. The van der Waals surface area contributed by atoms with E-state index in [9.17, 15) is 10.5 Å². The third-order valence-corrected chi connectivity index (χ3v) is 13.9. The summed E-state index contributed by atoms with van der Waals surface area (Å²) in [5.41, 5.74) is 11.4. The van der Waals surface area contributed by atoms with E-state index in [0.717, 1.165) is 69.7 Å². The van der Waals surface area contributed by atoms with Crippen LogP contribution >= 0.6 is 23.5 Å². The van der Waals surface area contributed by atoms with Gasteiger partial charge >= 0.3 is 0 Å². The second-order valence-electron chi connectivity index (χ2n) is 15.5. The van der Waals surface area contributed by atoms with E-state index >= 15 is 0 Å². The summed E-state index contributed by atoms with van der Waals surface area (Å²) in [4.78, 5) is 4.26. The number of para-hydroxylation sites is 4. The molecule has 0 unspecified atom stereocenters. The summed E-state index contributed by atoms with van der Waals surface area (Å²) in [6.07, 6.45) is 0. The molecule has 7 heteroatoms. The summed E-state index contributed by atoms with van der Waals surface area (Å²) in [6.45, 7) is 0. The van der Waals surface area contributed by atoms with E-state index in [1.807, 2.05) is 36.4 Å². The fraction of sp³-hybridized carbons (Fsp3) is 0. The minimum atomic E-state index is 0.654. The monoisotopic (exact) mass is 839 g/mol. The number of hydrogen-bond acceptors (Lipinski definition) is 4. The molecule has 3 aromatic heterocycles. The Balaban J connectivity index is 1.19. The molecule has 0 aliphatic rings. The highest BCUT2D eigenvalue weighted by Crippen LogP contribution is 2.50. The normalized spacial score (nSPS) is 11.6. The van der Waals surface area contributed by atoms with Crippen molar-refractivity contribution < 1.29 is 0 Å². The first-order chi connectivity index (χ1) is 31.2. The lowest BCUT2D eigenvalue weighted by Gasteiger charge is -2.14. The van der Waals surface area contributed by atoms with E-state index in [1.165, 1.54) is 32.3 Å². The molecule has 0 radical (unpaired) electrons. The highest BCUT2D eigenvalue weighted by Gasteiger charge is 2.28. The van der Waals surface area contributed by atoms with Gasteiger partial charge in [-0.05, 0) is 115 Å². The minimum Gasteiger partial charge on any atom is -0.308 e. The van der Waals surface area contributed by atoms with E-state index in [-0.39, 0.29) is 0 Å².